The van der Waals surface area contributed by atoms with Crippen molar-refractivity contribution in [2.45, 2.75) is 6.92 Å². The largest absolute Gasteiger partial charge is 0.368 e. The van der Waals surface area contributed by atoms with Crippen molar-refractivity contribution in [3.8, 4) is 5.82 Å². The second-order valence-corrected chi connectivity index (χ2v) is 6.43. The van der Waals surface area contributed by atoms with E-state index in [9.17, 15) is 4.79 Å². The maximum absolute atomic E-state index is 12.2. The summed E-state index contributed by atoms with van der Waals surface area (Å²) in [6, 6.07) is 11.2. The summed E-state index contributed by atoms with van der Waals surface area (Å²) < 4.78 is 2.61. The molecule has 0 saturated heterocycles. The molecule has 1 amide bonds. The van der Waals surface area contributed by atoms with Gasteiger partial charge in [-0.15, -0.1) is 0 Å². The van der Waals surface area contributed by atoms with E-state index in [1.54, 1.807) is 10.9 Å². The monoisotopic (exact) mass is 448 g/mol. The summed E-state index contributed by atoms with van der Waals surface area (Å²) in [7, 11) is 0. The molecule has 0 fully saturated rings. The van der Waals surface area contributed by atoms with E-state index in [2.05, 4.69) is 48.3 Å². The van der Waals surface area contributed by atoms with E-state index in [-0.39, 0.29) is 5.91 Å². The smallest absolute Gasteiger partial charge is 0.252 e. The molecule has 0 atom stereocenters. The Balaban J connectivity index is 1.56. The summed E-state index contributed by atoms with van der Waals surface area (Å²) in [5.41, 5.74) is 0.682. The van der Waals surface area contributed by atoms with Gasteiger partial charge in [-0.25, -0.2) is 14.6 Å². The predicted molar refractivity (Wildman–Crippen MR) is 104 cm³/mol. The van der Waals surface area contributed by atoms with Crippen molar-refractivity contribution in [2.24, 2.45) is 0 Å². The van der Waals surface area contributed by atoms with Crippen LogP contribution in [0.15, 0.2) is 48.8 Å². The average molecular weight is 448 g/mol. The van der Waals surface area contributed by atoms with Crippen molar-refractivity contribution in [2.75, 3.05) is 18.4 Å². The molecule has 0 radical (unpaired) electrons. The second kappa shape index (κ2) is 8.06. The highest BCUT2D eigenvalue weighted by Gasteiger charge is 2.08. The fourth-order valence-electron chi connectivity index (χ4n) is 2.27. The molecule has 0 aliphatic rings. The quantitative estimate of drug-likeness (QED) is 0.447. The topological polar surface area (TPSA) is 84.7 Å². The van der Waals surface area contributed by atoms with Crippen LogP contribution in [0.4, 0.5) is 5.82 Å². The molecule has 7 nitrogen and oxygen atoms in total. The van der Waals surface area contributed by atoms with Gasteiger partial charge in [0.1, 0.15) is 11.6 Å². The molecule has 0 bridgehead atoms. The minimum Gasteiger partial charge on any atom is -0.368 e. The van der Waals surface area contributed by atoms with Crippen molar-refractivity contribution < 1.29 is 4.79 Å². The minimum absolute atomic E-state index is 0.0806. The zero-order valence-electron chi connectivity index (χ0n) is 13.6. The second-order valence-electron chi connectivity index (χ2n) is 5.27. The number of rotatable bonds is 6. The van der Waals surface area contributed by atoms with E-state index in [4.69, 9.17) is 0 Å². The fraction of sp³-hybridized carbons (Fsp3) is 0.176. The number of carbonyl (C=O) groups excluding carboxylic acids is 1. The number of nitrogens with one attached hydrogen (secondary N) is 2. The van der Waals surface area contributed by atoms with Crippen molar-refractivity contribution >= 4 is 34.3 Å². The van der Waals surface area contributed by atoms with E-state index in [1.807, 2.05) is 49.5 Å². The van der Waals surface area contributed by atoms with Gasteiger partial charge in [0.05, 0.1) is 5.56 Å². The minimum atomic E-state index is -0.0806. The molecule has 2 heterocycles. The molecule has 0 unspecified atom stereocenters. The SMILES string of the molecule is Cc1nc(NCCNC(=O)c2ccccc2I)cc(-n2cccn2)n1. The number of aryl methyl sites for hydroxylation is 1. The fourth-order valence-corrected chi connectivity index (χ4v) is 2.90. The van der Waals surface area contributed by atoms with Crippen LogP contribution in [0.5, 0.6) is 0 Å². The first-order valence-corrected chi connectivity index (χ1v) is 8.83. The molecule has 25 heavy (non-hydrogen) atoms. The zero-order chi connectivity index (χ0) is 17.6. The third-order valence-electron chi connectivity index (χ3n) is 3.40. The van der Waals surface area contributed by atoms with Crippen LogP contribution < -0.4 is 10.6 Å². The van der Waals surface area contributed by atoms with E-state index >= 15 is 0 Å². The van der Waals surface area contributed by atoms with Crippen LogP contribution in [0, 0.1) is 10.5 Å². The van der Waals surface area contributed by atoms with E-state index < -0.39 is 0 Å². The van der Waals surface area contributed by atoms with Gasteiger partial charge in [-0.1, -0.05) is 12.1 Å². The van der Waals surface area contributed by atoms with Crippen LogP contribution in [-0.2, 0) is 0 Å². The van der Waals surface area contributed by atoms with E-state index in [0.717, 1.165) is 3.57 Å². The van der Waals surface area contributed by atoms with Crippen molar-refractivity contribution in [3.05, 3.63) is 63.7 Å². The summed E-state index contributed by atoms with van der Waals surface area (Å²) in [5, 5.41) is 10.3. The van der Waals surface area contributed by atoms with Crippen LogP contribution in [0.1, 0.15) is 16.2 Å². The Kier molecular flexibility index (Phi) is 5.59. The van der Waals surface area contributed by atoms with Gasteiger partial charge in [-0.05, 0) is 47.7 Å². The maximum Gasteiger partial charge on any atom is 0.252 e. The lowest BCUT2D eigenvalue weighted by Crippen LogP contribution is -2.29. The molecule has 3 aromatic rings. The number of hydrogen-bond acceptors (Lipinski definition) is 5. The van der Waals surface area contributed by atoms with Crippen LogP contribution >= 0.6 is 22.6 Å². The van der Waals surface area contributed by atoms with Gasteiger partial charge in [0, 0.05) is 35.1 Å². The van der Waals surface area contributed by atoms with Gasteiger partial charge >= 0.3 is 0 Å². The first-order chi connectivity index (χ1) is 12.1. The lowest BCUT2D eigenvalue weighted by Gasteiger charge is -2.10. The molecule has 128 valence electrons. The number of anilines is 1. The first kappa shape index (κ1) is 17.3. The number of benzene rings is 1. The van der Waals surface area contributed by atoms with Gasteiger partial charge in [0.15, 0.2) is 5.82 Å². The Morgan fingerprint density at radius 3 is 2.80 bits per heavy atom. The van der Waals surface area contributed by atoms with E-state index in [0.29, 0.717) is 36.1 Å². The Morgan fingerprint density at radius 2 is 2.04 bits per heavy atom. The molecular formula is C17H17IN6O. The summed E-state index contributed by atoms with van der Waals surface area (Å²) in [6.07, 6.45) is 3.53. The Morgan fingerprint density at radius 1 is 1.20 bits per heavy atom. The van der Waals surface area contributed by atoms with Crippen LogP contribution in [0.3, 0.4) is 0 Å². The average Bonchev–Trinajstić information content (AvgIpc) is 3.13. The summed E-state index contributed by atoms with van der Waals surface area (Å²) in [5.74, 6) is 1.96. The maximum atomic E-state index is 12.2. The molecular weight excluding hydrogens is 431 g/mol. The third-order valence-corrected chi connectivity index (χ3v) is 4.34. The molecule has 8 heteroatoms. The molecule has 2 aromatic heterocycles. The highest BCUT2D eigenvalue weighted by Crippen LogP contribution is 2.11. The van der Waals surface area contributed by atoms with Gasteiger partial charge < -0.3 is 10.6 Å². The standard InChI is InChI=1S/C17H17IN6O/c1-12-22-15(11-16(23-12)24-10-4-7-21-24)19-8-9-20-17(25)13-5-2-3-6-14(13)18/h2-7,10-11H,8-9H2,1H3,(H,20,25)(H,19,22,23). The van der Waals surface area contributed by atoms with Crippen molar-refractivity contribution in [3.63, 3.8) is 0 Å². The lowest BCUT2D eigenvalue weighted by atomic mass is 10.2. The highest BCUT2D eigenvalue weighted by atomic mass is 127. The third kappa shape index (κ3) is 4.53. The number of halogens is 1. The molecule has 0 spiro atoms. The number of amides is 1. The van der Waals surface area contributed by atoms with Gasteiger partial charge in [0.2, 0.25) is 0 Å². The summed E-state index contributed by atoms with van der Waals surface area (Å²) in [4.78, 5) is 20.9. The Hall–Kier alpha value is -2.49. The summed E-state index contributed by atoms with van der Waals surface area (Å²) >= 11 is 2.16. The van der Waals surface area contributed by atoms with Crippen LogP contribution in [-0.4, -0.2) is 38.7 Å². The molecule has 1 aromatic carbocycles. The van der Waals surface area contributed by atoms with Crippen LogP contribution in [0.25, 0.3) is 5.82 Å². The van der Waals surface area contributed by atoms with Crippen molar-refractivity contribution in [1.29, 1.82) is 0 Å². The van der Waals surface area contributed by atoms with Crippen molar-refractivity contribution in [1.82, 2.24) is 25.1 Å². The molecule has 0 saturated carbocycles. The molecule has 0 aliphatic carbocycles. The Bertz CT molecular complexity index is 865. The number of carbonyl (C=O) groups is 1. The number of nitrogens with zero attached hydrogens (tertiary/aromatic N) is 4. The normalized spacial score (nSPS) is 10.5. The van der Waals surface area contributed by atoms with Gasteiger partial charge in [0.25, 0.3) is 5.91 Å². The summed E-state index contributed by atoms with van der Waals surface area (Å²) in [6.45, 7) is 2.88. The first-order valence-electron chi connectivity index (χ1n) is 7.76. The molecule has 0 aliphatic heterocycles. The van der Waals surface area contributed by atoms with Crippen LogP contribution in [0.2, 0.25) is 0 Å². The molecule has 2 N–H and O–H groups in total. The molecule has 3 rings (SSSR count). The predicted octanol–water partition coefficient (Wildman–Crippen LogP) is 2.42. The zero-order valence-corrected chi connectivity index (χ0v) is 15.8. The Labute approximate surface area is 159 Å². The lowest BCUT2D eigenvalue weighted by molar-refractivity contribution is 0.0954. The van der Waals surface area contributed by atoms with Gasteiger partial charge in [-0.3, -0.25) is 4.79 Å². The highest BCUT2D eigenvalue weighted by molar-refractivity contribution is 14.1. The number of aromatic nitrogens is 4. The van der Waals surface area contributed by atoms with E-state index in [1.165, 1.54) is 0 Å². The number of hydrogen-bond donors (Lipinski definition) is 2. The van der Waals surface area contributed by atoms with Gasteiger partial charge in [-0.2, -0.15) is 5.10 Å².